The SMILES string of the molecule is c1ccc(-c2cccc(N3c4ccccc4Oc4c3ccc3c4Oc4ccccc4C34c3cccnc3-c3nc(-c5ccccc5-c5cc(-c6cccnc6)nc(-c6cccnc6)c5)ccc34)c2)cc1. The fourth-order valence-electron chi connectivity index (χ4n) is 10.7. The van der Waals surface area contributed by atoms with Gasteiger partial charge in [0.05, 0.1) is 45.3 Å². The van der Waals surface area contributed by atoms with Gasteiger partial charge < -0.3 is 14.4 Å². The molecule has 328 valence electrons. The summed E-state index contributed by atoms with van der Waals surface area (Å²) in [4.78, 5) is 27.0. The fraction of sp³-hybridized carbons (Fsp3) is 0.0161. The van der Waals surface area contributed by atoms with Crippen molar-refractivity contribution in [3.63, 3.8) is 0 Å². The quantitative estimate of drug-likeness (QED) is 0.163. The van der Waals surface area contributed by atoms with Crippen molar-refractivity contribution >= 4 is 17.1 Å². The molecule has 0 saturated heterocycles. The van der Waals surface area contributed by atoms with Gasteiger partial charge in [-0.1, -0.05) is 115 Å². The first-order chi connectivity index (χ1) is 34.7. The van der Waals surface area contributed by atoms with Gasteiger partial charge in [-0.15, -0.1) is 0 Å². The third-order valence-corrected chi connectivity index (χ3v) is 13.8. The molecule has 1 unspecified atom stereocenters. The van der Waals surface area contributed by atoms with Crippen molar-refractivity contribution in [2.24, 2.45) is 0 Å². The van der Waals surface area contributed by atoms with E-state index in [-0.39, 0.29) is 0 Å². The topological polar surface area (TPSA) is 86.2 Å². The number of hydrogen-bond acceptors (Lipinski definition) is 8. The minimum atomic E-state index is -0.843. The third-order valence-electron chi connectivity index (χ3n) is 13.8. The van der Waals surface area contributed by atoms with Crippen LogP contribution in [0.1, 0.15) is 22.3 Å². The Morgan fingerprint density at radius 3 is 1.81 bits per heavy atom. The largest absolute Gasteiger partial charge is 0.453 e. The molecule has 0 fully saturated rings. The molecule has 3 aliphatic rings. The van der Waals surface area contributed by atoms with Crippen molar-refractivity contribution in [1.82, 2.24) is 24.9 Å². The van der Waals surface area contributed by atoms with Gasteiger partial charge in [-0.25, -0.2) is 9.97 Å². The number of para-hydroxylation sites is 3. The van der Waals surface area contributed by atoms with Gasteiger partial charge in [-0.2, -0.15) is 0 Å². The lowest BCUT2D eigenvalue weighted by Gasteiger charge is -2.41. The molecular weight excluding hydrogens is 861 g/mol. The van der Waals surface area contributed by atoms with Gasteiger partial charge in [-0.3, -0.25) is 15.0 Å². The van der Waals surface area contributed by atoms with Crippen LogP contribution in [0.5, 0.6) is 23.0 Å². The van der Waals surface area contributed by atoms with Crippen molar-refractivity contribution in [2.75, 3.05) is 4.90 Å². The Morgan fingerprint density at radius 1 is 0.371 bits per heavy atom. The number of ether oxygens (including phenoxy) is 2. The Kier molecular flexibility index (Phi) is 8.94. The van der Waals surface area contributed by atoms with Crippen LogP contribution in [0, 0.1) is 0 Å². The van der Waals surface area contributed by atoms with Crippen LogP contribution in [0.4, 0.5) is 17.1 Å². The molecule has 14 rings (SSSR count). The Morgan fingerprint density at radius 2 is 1.01 bits per heavy atom. The predicted octanol–water partition coefficient (Wildman–Crippen LogP) is 15.0. The lowest BCUT2D eigenvalue weighted by atomic mass is 9.66. The summed E-state index contributed by atoms with van der Waals surface area (Å²) in [6.45, 7) is 0. The first kappa shape index (κ1) is 39.6. The summed E-state index contributed by atoms with van der Waals surface area (Å²) >= 11 is 0. The maximum absolute atomic E-state index is 7.12. The van der Waals surface area contributed by atoms with Crippen LogP contribution < -0.4 is 14.4 Å². The fourth-order valence-corrected chi connectivity index (χ4v) is 10.7. The molecule has 11 aromatic rings. The Labute approximate surface area is 403 Å². The van der Waals surface area contributed by atoms with E-state index in [0.29, 0.717) is 11.5 Å². The van der Waals surface area contributed by atoms with Gasteiger partial charge in [0.15, 0.2) is 17.2 Å². The number of anilines is 3. The van der Waals surface area contributed by atoms with Crippen molar-refractivity contribution in [3.05, 3.63) is 253 Å². The third kappa shape index (κ3) is 6.06. The van der Waals surface area contributed by atoms with Crippen molar-refractivity contribution in [3.8, 4) is 90.4 Å². The molecule has 6 aromatic carbocycles. The van der Waals surface area contributed by atoms with E-state index in [1.54, 1.807) is 12.4 Å². The van der Waals surface area contributed by atoms with E-state index in [1.165, 1.54) is 0 Å². The number of nitrogens with zero attached hydrogens (tertiary/aromatic N) is 6. The molecule has 1 spiro atoms. The van der Waals surface area contributed by atoms with Gasteiger partial charge in [0.1, 0.15) is 5.75 Å². The molecule has 0 saturated carbocycles. The highest BCUT2D eigenvalue weighted by Crippen LogP contribution is 2.66. The molecule has 0 N–H and O–H groups in total. The number of benzene rings is 6. The summed E-state index contributed by atoms with van der Waals surface area (Å²) in [7, 11) is 0. The average Bonchev–Trinajstić information content (AvgIpc) is 3.72. The molecule has 2 aliphatic heterocycles. The molecule has 0 amide bonds. The maximum atomic E-state index is 7.12. The van der Waals surface area contributed by atoms with Crippen LogP contribution in [-0.4, -0.2) is 24.9 Å². The van der Waals surface area contributed by atoms with E-state index in [0.717, 1.165) is 118 Å². The van der Waals surface area contributed by atoms with Crippen LogP contribution in [0.25, 0.3) is 67.4 Å². The highest BCUT2D eigenvalue weighted by Gasteiger charge is 2.54. The van der Waals surface area contributed by atoms with E-state index in [1.807, 2.05) is 73.2 Å². The summed E-state index contributed by atoms with van der Waals surface area (Å²) in [5.74, 6) is 2.77. The summed E-state index contributed by atoms with van der Waals surface area (Å²) in [6, 6.07) is 69.3. The van der Waals surface area contributed by atoms with E-state index >= 15 is 0 Å². The van der Waals surface area contributed by atoms with Crippen LogP contribution in [0.3, 0.4) is 0 Å². The second kappa shape index (κ2) is 15.8. The standard InChI is InChI=1S/C62H38N6O2/c1-2-14-39(15-3-1)40-16-10-19-44(34-40)68-54-24-7-9-26-57(54)70-61-55(68)30-28-50-60(61)69-56-25-8-6-22-47(56)62(50)48-23-13-33-65-58(48)59-49(62)27-29-51(67-59)46-21-5-4-20-45(46)43-35-52(41-17-11-31-63-37-41)66-53(36-43)42-18-12-32-64-38-42/h1-38H. The van der Waals surface area contributed by atoms with E-state index in [4.69, 9.17) is 24.4 Å². The summed E-state index contributed by atoms with van der Waals surface area (Å²) < 4.78 is 14.2. The first-order valence-electron chi connectivity index (χ1n) is 23.3. The number of hydrogen-bond donors (Lipinski definition) is 0. The molecule has 0 radical (unpaired) electrons. The van der Waals surface area contributed by atoms with E-state index < -0.39 is 5.41 Å². The van der Waals surface area contributed by atoms with Gasteiger partial charge >= 0.3 is 0 Å². The number of aromatic nitrogens is 5. The van der Waals surface area contributed by atoms with Gasteiger partial charge in [0.2, 0.25) is 0 Å². The average molecular weight is 899 g/mol. The van der Waals surface area contributed by atoms with Crippen molar-refractivity contribution in [1.29, 1.82) is 0 Å². The molecule has 7 heterocycles. The minimum Gasteiger partial charge on any atom is -0.453 e. The molecule has 1 atom stereocenters. The smallest absolute Gasteiger partial charge is 0.194 e. The van der Waals surface area contributed by atoms with Crippen molar-refractivity contribution < 1.29 is 9.47 Å². The minimum absolute atomic E-state index is 0.640. The lowest BCUT2D eigenvalue weighted by molar-refractivity contribution is 0.391. The van der Waals surface area contributed by atoms with E-state index in [2.05, 4.69) is 160 Å². The highest BCUT2D eigenvalue weighted by molar-refractivity contribution is 5.94. The second-order valence-electron chi connectivity index (χ2n) is 17.6. The van der Waals surface area contributed by atoms with Gasteiger partial charge in [-0.05, 0) is 118 Å². The molecular formula is C62H38N6O2. The van der Waals surface area contributed by atoms with Crippen LogP contribution in [0.2, 0.25) is 0 Å². The van der Waals surface area contributed by atoms with Crippen LogP contribution in [0.15, 0.2) is 231 Å². The summed E-state index contributed by atoms with van der Waals surface area (Å²) in [6.07, 6.45) is 9.12. The molecule has 8 nitrogen and oxygen atoms in total. The molecule has 5 aromatic heterocycles. The Bertz CT molecular complexity index is 3810. The predicted molar refractivity (Wildman–Crippen MR) is 275 cm³/mol. The number of fused-ring (bicyclic) bond motifs is 12. The summed E-state index contributed by atoms with van der Waals surface area (Å²) in [5.41, 5.74) is 17.2. The molecule has 8 heteroatoms. The van der Waals surface area contributed by atoms with Gasteiger partial charge in [0, 0.05) is 64.5 Å². The Hall–Kier alpha value is -9.53. The normalized spacial score (nSPS) is 14.5. The van der Waals surface area contributed by atoms with Crippen LogP contribution >= 0.6 is 0 Å². The highest BCUT2D eigenvalue weighted by atomic mass is 16.5. The maximum Gasteiger partial charge on any atom is 0.194 e. The lowest BCUT2D eigenvalue weighted by Crippen LogP contribution is -2.33. The zero-order valence-corrected chi connectivity index (χ0v) is 37.4. The zero-order valence-electron chi connectivity index (χ0n) is 37.4. The summed E-state index contributed by atoms with van der Waals surface area (Å²) in [5, 5.41) is 0. The molecule has 0 bridgehead atoms. The van der Waals surface area contributed by atoms with Gasteiger partial charge in [0.25, 0.3) is 0 Å². The monoisotopic (exact) mass is 898 g/mol. The first-order valence-corrected chi connectivity index (χ1v) is 23.3. The Balaban J connectivity index is 0.954. The van der Waals surface area contributed by atoms with E-state index in [9.17, 15) is 0 Å². The number of pyridine rings is 5. The van der Waals surface area contributed by atoms with Crippen LogP contribution in [-0.2, 0) is 5.41 Å². The molecule has 70 heavy (non-hydrogen) atoms. The molecule has 1 aliphatic carbocycles. The second-order valence-corrected chi connectivity index (χ2v) is 17.6. The zero-order chi connectivity index (χ0) is 46.2. The van der Waals surface area contributed by atoms with Crippen molar-refractivity contribution in [2.45, 2.75) is 5.41 Å². The number of rotatable bonds is 6.